The van der Waals surface area contributed by atoms with Gasteiger partial charge in [0.1, 0.15) is 5.75 Å². The number of nitrogens with one attached hydrogen (secondary N) is 1. The number of carbonyl (C=O) groups excluding carboxylic acids is 1. The highest BCUT2D eigenvalue weighted by atomic mass is 32.1. The second-order valence-electron chi connectivity index (χ2n) is 5.28. The Labute approximate surface area is 140 Å². The zero-order valence-electron chi connectivity index (χ0n) is 13.8. The van der Waals surface area contributed by atoms with Gasteiger partial charge in [-0.2, -0.15) is 0 Å². The average molecular weight is 331 g/mol. The van der Waals surface area contributed by atoms with Crippen LogP contribution in [0.2, 0.25) is 0 Å². The van der Waals surface area contributed by atoms with Gasteiger partial charge in [0.05, 0.1) is 17.7 Å². The minimum atomic E-state index is -0.0220. The first-order valence-electron chi connectivity index (χ1n) is 7.23. The summed E-state index contributed by atoms with van der Waals surface area (Å²) in [6.45, 7) is 2.50. The molecule has 0 unspecified atom stereocenters. The molecule has 0 fully saturated rings. The summed E-state index contributed by atoms with van der Waals surface area (Å²) in [7, 11) is 5.41. The van der Waals surface area contributed by atoms with Crippen molar-refractivity contribution in [2.24, 2.45) is 0 Å². The topological polar surface area (TPSA) is 54.5 Å². The summed E-state index contributed by atoms with van der Waals surface area (Å²) in [5.74, 6) is 0.811. The van der Waals surface area contributed by atoms with Gasteiger partial charge >= 0.3 is 0 Å². The number of hydrogen-bond donors (Lipinski definition) is 1. The molecule has 0 atom stereocenters. The molecule has 0 saturated carbocycles. The first-order chi connectivity index (χ1) is 11.0. The second-order valence-corrected chi connectivity index (χ2v) is 6.28. The van der Waals surface area contributed by atoms with Crippen molar-refractivity contribution in [1.82, 2.24) is 9.88 Å². The van der Waals surface area contributed by atoms with Gasteiger partial charge in [-0.1, -0.05) is 23.5 Å². The van der Waals surface area contributed by atoms with Crippen molar-refractivity contribution < 1.29 is 9.53 Å². The van der Waals surface area contributed by atoms with Crippen LogP contribution in [-0.2, 0) is 6.54 Å². The highest BCUT2D eigenvalue weighted by molar-refractivity contribution is 7.17. The third kappa shape index (κ3) is 4.82. The number of aryl methyl sites for hydroxylation is 1. The molecular formula is C17H21N3O2S. The number of ketones is 1. The number of hydrogen-bond acceptors (Lipinski definition) is 6. The van der Waals surface area contributed by atoms with Gasteiger partial charge in [-0.25, -0.2) is 4.98 Å². The Morgan fingerprint density at radius 2 is 2.04 bits per heavy atom. The maximum absolute atomic E-state index is 12.1. The molecule has 23 heavy (non-hydrogen) atoms. The van der Waals surface area contributed by atoms with Crippen molar-refractivity contribution in [2.75, 3.05) is 26.5 Å². The van der Waals surface area contributed by atoms with E-state index in [-0.39, 0.29) is 5.78 Å². The van der Waals surface area contributed by atoms with Gasteiger partial charge < -0.3 is 15.0 Å². The molecule has 0 spiro atoms. The zero-order chi connectivity index (χ0) is 16.8. The van der Waals surface area contributed by atoms with E-state index in [1.165, 1.54) is 11.3 Å². The van der Waals surface area contributed by atoms with Crippen molar-refractivity contribution in [3.63, 3.8) is 0 Å². The van der Waals surface area contributed by atoms with Gasteiger partial charge in [0.25, 0.3) is 0 Å². The summed E-state index contributed by atoms with van der Waals surface area (Å²) >= 11 is 1.38. The molecule has 0 bridgehead atoms. The zero-order valence-corrected chi connectivity index (χ0v) is 14.6. The van der Waals surface area contributed by atoms with Gasteiger partial charge in [-0.05, 0) is 24.6 Å². The van der Waals surface area contributed by atoms with Crippen LogP contribution in [0.3, 0.4) is 0 Å². The van der Waals surface area contributed by atoms with Crippen LogP contribution in [0, 0.1) is 6.92 Å². The lowest BCUT2D eigenvalue weighted by Crippen LogP contribution is -2.02. The molecule has 1 N–H and O–H groups in total. The maximum Gasteiger partial charge on any atom is 0.199 e. The number of methoxy groups -OCH3 is 1. The lowest BCUT2D eigenvalue weighted by Gasteiger charge is -2.04. The highest BCUT2D eigenvalue weighted by Gasteiger charge is 2.13. The van der Waals surface area contributed by atoms with Crippen LogP contribution in [0.15, 0.2) is 36.5 Å². The molecule has 1 aromatic carbocycles. The van der Waals surface area contributed by atoms with Crippen LogP contribution in [0.5, 0.6) is 5.75 Å². The fraction of sp³-hybridized carbons (Fsp3) is 0.294. The standard InChI is InChI=1S/C17H21N3O2S/c1-12-16(15(21)9-10-20(2)3)23-17(19-12)18-11-13-5-7-14(22-4)8-6-13/h5-10H,11H2,1-4H3,(H,18,19). The van der Waals surface area contributed by atoms with E-state index in [1.54, 1.807) is 19.4 Å². The molecule has 1 heterocycles. The van der Waals surface area contributed by atoms with E-state index in [9.17, 15) is 4.79 Å². The molecule has 2 rings (SSSR count). The van der Waals surface area contributed by atoms with E-state index in [4.69, 9.17) is 4.74 Å². The molecule has 0 saturated heterocycles. The van der Waals surface area contributed by atoms with E-state index in [0.717, 1.165) is 22.1 Å². The molecule has 6 heteroatoms. The number of allylic oxidation sites excluding steroid dienone is 1. The van der Waals surface area contributed by atoms with Gasteiger partial charge in [-0.15, -0.1) is 0 Å². The monoisotopic (exact) mass is 331 g/mol. The third-order valence-corrected chi connectivity index (χ3v) is 4.28. The smallest absolute Gasteiger partial charge is 0.199 e. The molecular weight excluding hydrogens is 310 g/mol. The molecule has 1 aromatic heterocycles. The summed E-state index contributed by atoms with van der Waals surface area (Å²) in [6.07, 6.45) is 3.31. The third-order valence-electron chi connectivity index (χ3n) is 3.15. The fourth-order valence-corrected chi connectivity index (χ4v) is 2.80. The van der Waals surface area contributed by atoms with E-state index in [1.807, 2.05) is 50.2 Å². The Hall–Kier alpha value is -2.34. The quantitative estimate of drug-likeness (QED) is 0.623. The number of nitrogens with zero attached hydrogens (tertiary/aromatic N) is 2. The van der Waals surface area contributed by atoms with Crippen LogP contribution in [-0.4, -0.2) is 36.9 Å². The van der Waals surface area contributed by atoms with Gasteiger partial charge in [0.15, 0.2) is 10.9 Å². The summed E-state index contributed by atoms with van der Waals surface area (Å²) in [5.41, 5.74) is 1.87. The predicted octanol–water partition coefficient (Wildman–Crippen LogP) is 3.33. The molecule has 0 amide bonds. The van der Waals surface area contributed by atoms with Gasteiger partial charge in [0, 0.05) is 32.9 Å². The Morgan fingerprint density at radius 1 is 1.35 bits per heavy atom. The minimum Gasteiger partial charge on any atom is -0.497 e. The molecule has 0 aliphatic rings. The van der Waals surface area contributed by atoms with Gasteiger partial charge in [0.2, 0.25) is 0 Å². The highest BCUT2D eigenvalue weighted by Crippen LogP contribution is 2.24. The van der Waals surface area contributed by atoms with Gasteiger partial charge in [-0.3, -0.25) is 4.79 Å². The number of carbonyl (C=O) groups is 1. The lowest BCUT2D eigenvalue weighted by molar-refractivity contribution is 0.104. The predicted molar refractivity (Wildman–Crippen MR) is 94.3 cm³/mol. The normalized spacial score (nSPS) is 10.8. The van der Waals surface area contributed by atoms with Crippen molar-refractivity contribution in [1.29, 1.82) is 0 Å². The first kappa shape index (κ1) is 17.0. The number of thiazole rings is 1. The summed E-state index contributed by atoms with van der Waals surface area (Å²) in [4.78, 5) is 19.1. The van der Waals surface area contributed by atoms with E-state index in [0.29, 0.717) is 11.4 Å². The van der Waals surface area contributed by atoms with Crippen LogP contribution >= 0.6 is 11.3 Å². The number of rotatable bonds is 7. The SMILES string of the molecule is COc1ccc(CNc2nc(C)c(C(=O)C=CN(C)C)s2)cc1. The van der Waals surface area contributed by atoms with Crippen molar-refractivity contribution in [2.45, 2.75) is 13.5 Å². The summed E-state index contributed by atoms with van der Waals surface area (Å²) in [5, 5.41) is 4.01. The minimum absolute atomic E-state index is 0.0220. The van der Waals surface area contributed by atoms with Crippen molar-refractivity contribution in [3.05, 3.63) is 52.7 Å². The number of anilines is 1. The van der Waals surface area contributed by atoms with Crippen LogP contribution in [0.1, 0.15) is 20.9 Å². The Balaban J connectivity index is 2.01. The van der Waals surface area contributed by atoms with E-state index >= 15 is 0 Å². The molecule has 2 aromatic rings. The van der Waals surface area contributed by atoms with E-state index in [2.05, 4.69) is 10.3 Å². The van der Waals surface area contributed by atoms with E-state index < -0.39 is 0 Å². The van der Waals surface area contributed by atoms with Crippen LogP contribution < -0.4 is 10.1 Å². The Morgan fingerprint density at radius 3 is 2.65 bits per heavy atom. The van der Waals surface area contributed by atoms with Crippen LogP contribution in [0.4, 0.5) is 5.13 Å². The first-order valence-corrected chi connectivity index (χ1v) is 8.04. The maximum atomic E-state index is 12.1. The fourth-order valence-electron chi connectivity index (χ4n) is 1.91. The number of ether oxygens (including phenoxy) is 1. The largest absolute Gasteiger partial charge is 0.497 e. The van der Waals surface area contributed by atoms with Crippen LogP contribution in [0.25, 0.3) is 0 Å². The molecule has 0 radical (unpaired) electrons. The summed E-state index contributed by atoms with van der Waals surface area (Å²) in [6, 6.07) is 7.84. The molecule has 122 valence electrons. The number of benzene rings is 1. The lowest BCUT2D eigenvalue weighted by atomic mass is 10.2. The number of aromatic nitrogens is 1. The Bertz CT molecular complexity index is 690. The average Bonchev–Trinajstić information content (AvgIpc) is 2.92. The molecule has 5 nitrogen and oxygen atoms in total. The Kier molecular flexibility index (Phi) is 5.76. The van der Waals surface area contributed by atoms with Crippen molar-refractivity contribution >= 4 is 22.3 Å². The molecule has 0 aliphatic heterocycles. The second kappa shape index (κ2) is 7.78. The van der Waals surface area contributed by atoms with Crippen molar-refractivity contribution in [3.8, 4) is 5.75 Å². The molecule has 0 aliphatic carbocycles. The summed E-state index contributed by atoms with van der Waals surface area (Å²) < 4.78 is 5.14.